The van der Waals surface area contributed by atoms with E-state index in [4.69, 9.17) is 0 Å². The second-order valence-corrected chi connectivity index (χ2v) is 6.65. The van der Waals surface area contributed by atoms with Crippen LogP contribution in [0.5, 0.6) is 0 Å². The summed E-state index contributed by atoms with van der Waals surface area (Å²) in [6.45, 7) is 0. The second-order valence-electron chi connectivity index (χ2n) is 4.99. The Balaban J connectivity index is 2.82. The van der Waals surface area contributed by atoms with Gasteiger partial charge >= 0.3 is 6.18 Å². The highest BCUT2D eigenvalue weighted by Gasteiger charge is 2.36. The molecule has 2 nitrogen and oxygen atoms in total. The first-order valence-electron chi connectivity index (χ1n) is 7.12. The number of hydrogen-bond donors (Lipinski definition) is 1. The Morgan fingerprint density at radius 2 is 1.68 bits per heavy atom. The van der Waals surface area contributed by atoms with E-state index in [0.717, 1.165) is 17.8 Å². The van der Waals surface area contributed by atoms with Gasteiger partial charge in [0.1, 0.15) is 5.76 Å². The molecular weight excluding hydrogens is 369 g/mol. The first kappa shape index (κ1) is 19.5. The molecule has 25 heavy (non-hydrogen) atoms. The van der Waals surface area contributed by atoms with Crippen molar-refractivity contribution in [3.8, 4) is 0 Å². The zero-order chi connectivity index (χ0) is 18.6. The molecule has 7 heteroatoms. The highest BCUT2D eigenvalue weighted by Crippen LogP contribution is 2.40. The smallest absolute Gasteiger partial charge is 0.417 e. The molecule has 0 aliphatic carbocycles. The van der Waals surface area contributed by atoms with Crippen molar-refractivity contribution in [2.24, 2.45) is 0 Å². The monoisotopic (exact) mass is 384 g/mol. The van der Waals surface area contributed by atoms with Crippen LogP contribution >= 0.6 is 23.5 Å². The lowest BCUT2D eigenvalue weighted by molar-refractivity contribution is -0.137. The van der Waals surface area contributed by atoms with Crippen molar-refractivity contribution in [2.75, 3.05) is 12.5 Å². The Hall–Kier alpha value is -1.86. The van der Waals surface area contributed by atoms with Gasteiger partial charge in [0.2, 0.25) is 5.12 Å². The quantitative estimate of drug-likeness (QED) is 0.316. The van der Waals surface area contributed by atoms with E-state index in [9.17, 15) is 23.1 Å². The minimum absolute atomic E-state index is 0.280. The Morgan fingerprint density at radius 1 is 1.04 bits per heavy atom. The van der Waals surface area contributed by atoms with Gasteiger partial charge in [-0.05, 0) is 30.7 Å². The fourth-order valence-corrected chi connectivity index (χ4v) is 3.13. The number of aliphatic hydroxyl groups is 1. The van der Waals surface area contributed by atoms with Crippen molar-refractivity contribution in [2.45, 2.75) is 11.1 Å². The molecule has 0 spiro atoms. The number of hydrogen-bond acceptors (Lipinski definition) is 4. The molecule has 0 radical (unpaired) electrons. The minimum Gasteiger partial charge on any atom is -0.507 e. The molecule has 0 aliphatic rings. The Labute approximate surface area is 152 Å². The molecular formula is C18H15F3O2S2. The van der Waals surface area contributed by atoms with Crippen LogP contribution in [-0.2, 0) is 11.0 Å². The van der Waals surface area contributed by atoms with Gasteiger partial charge in [-0.1, -0.05) is 42.1 Å². The van der Waals surface area contributed by atoms with Gasteiger partial charge in [-0.3, -0.25) is 4.79 Å². The van der Waals surface area contributed by atoms with Crippen LogP contribution in [-0.4, -0.2) is 22.7 Å². The summed E-state index contributed by atoms with van der Waals surface area (Å²) in [5.74, 6) is -0.469. The first-order valence-corrected chi connectivity index (χ1v) is 9.57. The molecule has 132 valence electrons. The van der Waals surface area contributed by atoms with Crippen LogP contribution in [0, 0.1) is 0 Å². The molecule has 0 fully saturated rings. The molecule has 0 amide bonds. The van der Waals surface area contributed by atoms with Crippen molar-refractivity contribution in [1.29, 1.82) is 0 Å². The molecule has 0 saturated heterocycles. The number of benzene rings is 2. The molecule has 0 heterocycles. The third kappa shape index (κ3) is 4.41. The maximum Gasteiger partial charge on any atom is 0.417 e. The average Bonchev–Trinajstić information content (AvgIpc) is 2.61. The van der Waals surface area contributed by atoms with Gasteiger partial charge in [-0.25, -0.2) is 0 Å². The highest BCUT2D eigenvalue weighted by atomic mass is 32.2. The van der Waals surface area contributed by atoms with Crippen LogP contribution < -0.4 is 0 Å². The predicted octanol–water partition coefficient (Wildman–Crippen LogP) is 5.74. The normalized spacial score (nSPS) is 12.7. The molecule has 0 bridgehead atoms. The molecule has 1 N–H and O–H groups in total. The van der Waals surface area contributed by atoms with E-state index < -0.39 is 22.6 Å². The molecule has 0 atom stereocenters. The summed E-state index contributed by atoms with van der Waals surface area (Å²) in [6.07, 6.45) is -1.46. The number of alkyl halides is 3. The molecule has 0 saturated carbocycles. The average molecular weight is 384 g/mol. The fourth-order valence-electron chi connectivity index (χ4n) is 2.28. The molecule has 2 aromatic carbocycles. The minimum atomic E-state index is -4.65. The van der Waals surface area contributed by atoms with E-state index >= 15 is 0 Å². The topological polar surface area (TPSA) is 37.3 Å². The Morgan fingerprint density at radius 3 is 2.20 bits per heavy atom. The first-order chi connectivity index (χ1) is 11.8. The number of carbonyl (C=O) groups excluding carboxylic acids is 1. The van der Waals surface area contributed by atoms with Gasteiger partial charge in [0.05, 0.1) is 11.1 Å². The standard InChI is InChI=1S/C18H15F3O2S2/c1-24-12-8-9-14(18(19,20)21)13(10-12)15(17(23)25-2)16(22)11-6-4-3-5-7-11/h3-10,22H,1-2H3/b16-15+. The lowest BCUT2D eigenvalue weighted by Gasteiger charge is -2.17. The van der Waals surface area contributed by atoms with E-state index in [-0.39, 0.29) is 16.7 Å². The summed E-state index contributed by atoms with van der Waals surface area (Å²) in [6, 6.07) is 11.6. The van der Waals surface area contributed by atoms with Crippen LogP contribution in [0.15, 0.2) is 53.4 Å². The summed E-state index contributed by atoms with van der Waals surface area (Å²) in [5, 5.41) is 9.93. The van der Waals surface area contributed by atoms with Crippen LogP contribution in [0.2, 0.25) is 0 Å². The van der Waals surface area contributed by atoms with Crippen molar-refractivity contribution >= 4 is 40.0 Å². The molecule has 0 aromatic heterocycles. The molecule has 2 rings (SSSR count). The van der Waals surface area contributed by atoms with Crippen LogP contribution in [0.4, 0.5) is 13.2 Å². The Kier molecular flexibility index (Phi) is 6.24. The number of aliphatic hydroxyl groups excluding tert-OH is 1. The largest absolute Gasteiger partial charge is 0.507 e. The number of carbonyl (C=O) groups is 1. The second kappa shape index (κ2) is 8.01. The van der Waals surface area contributed by atoms with Crippen molar-refractivity contribution < 1.29 is 23.1 Å². The summed E-state index contributed by atoms with van der Waals surface area (Å²) in [5.41, 5.74) is -1.34. The SMILES string of the molecule is CSC(=O)/C(=C(/O)c1ccccc1)c1cc(SC)ccc1C(F)(F)F. The van der Waals surface area contributed by atoms with E-state index in [1.165, 1.54) is 42.3 Å². The predicted molar refractivity (Wildman–Crippen MR) is 97.6 cm³/mol. The lowest BCUT2D eigenvalue weighted by Crippen LogP contribution is -2.12. The van der Waals surface area contributed by atoms with Crippen molar-refractivity contribution in [3.63, 3.8) is 0 Å². The fraction of sp³-hybridized carbons (Fsp3) is 0.167. The summed E-state index contributed by atoms with van der Waals surface area (Å²) in [4.78, 5) is 12.9. The molecule has 2 aromatic rings. The third-order valence-corrected chi connectivity index (χ3v) is 4.78. The van der Waals surface area contributed by atoms with Gasteiger partial charge < -0.3 is 5.11 Å². The number of halogens is 3. The van der Waals surface area contributed by atoms with Crippen LogP contribution in [0.1, 0.15) is 16.7 Å². The lowest BCUT2D eigenvalue weighted by atomic mass is 9.96. The van der Waals surface area contributed by atoms with Gasteiger partial charge in [-0.2, -0.15) is 13.2 Å². The number of thioether (sulfide) groups is 2. The number of rotatable bonds is 4. The Bertz CT molecular complexity index is 800. The zero-order valence-electron chi connectivity index (χ0n) is 13.4. The van der Waals surface area contributed by atoms with Gasteiger partial charge in [0, 0.05) is 16.0 Å². The molecule has 0 unspecified atom stereocenters. The van der Waals surface area contributed by atoms with E-state index in [0.29, 0.717) is 4.90 Å². The van der Waals surface area contributed by atoms with Gasteiger partial charge in [0.15, 0.2) is 0 Å². The maximum atomic E-state index is 13.4. The van der Waals surface area contributed by atoms with Crippen molar-refractivity contribution in [1.82, 2.24) is 0 Å². The molecule has 0 aliphatic heterocycles. The van der Waals surface area contributed by atoms with E-state index in [1.807, 2.05) is 0 Å². The van der Waals surface area contributed by atoms with Crippen LogP contribution in [0.3, 0.4) is 0 Å². The van der Waals surface area contributed by atoms with Gasteiger partial charge in [-0.15, -0.1) is 11.8 Å². The highest BCUT2D eigenvalue weighted by molar-refractivity contribution is 8.14. The maximum absolute atomic E-state index is 13.4. The zero-order valence-corrected chi connectivity index (χ0v) is 15.1. The van der Waals surface area contributed by atoms with E-state index in [1.54, 1.807) is 24.5 Å². The van der Waals surface area contributed by atoms with E-state index in [2.05, 4.69) is 0 Å². The van der Waals surface area contributed by atoms with Crippen molar-refractivity contribution in [3.05, 3.63) is 65.2 Å². The summed E-state index contributed by atoms with van der Waals surface area (Å²) >= 11 is 2.01. The summed E-state index contributed by atoms with van der Waals surface area (Å²) < 4.78 is 40.3. The summed E-state index contributed by atoms with van der Waals surface area (Å²) in [7, 11) is 0. The van der Waals surface area contributed by atoms with Crippen LogP contribution in [0.25, 0.3) is 11.3 Å². The third-order valence-electron chi connectivity index (χ3n) is 3.48. The van der Waals surface area contributed by atoms with Gasteiger partial charge in [0.25, 0.3) is 0 Å².